The summed E-state index contributed by atoms with van der Waals surface area (Å²) < 4.78 is 0. The van der Waals surface area contributed by atoms with Gasteiger partial charge in [-0.25, -0.2) is 9.97 Å². The van der Waals surface area contributed by atoms with Gasteiger partial charge in [-0.3, -0.25) is 0 Å². The lowest BCUT2D eigenvalue weighted by Crippen LogP contribution is -2.13. The summed E-state index contributed by atoms with van der Waals surface area (Å²) >= 11 is 1.64. The lowest BCUT2D eigenvalue weighted by Gasteiger charge is -2.08. The Kier molecular flexibility index (Phi) is 2.56. The van der Waals surface area contributed by atoms with Gasteiger partial charge in [-0.2, -0.15) is 11.3 Å². The van der Waals surface area contributed by atoms with Gasteiger partial charge in [0, 0.05) is 6.20 Å². The zero-order chi connectivity index (χ0) is 9.97. The number of aryl methyl sites for hydroxylation is 1. The molecule has 3 nitrogen and oxygen atoms in total. The van der Waals surface area contributed by atoms with Crippen LogP contribution in [0.2, 0.25) is 0 Å². The van der Waals surface area contributed by atoms with E-state index in [0.29, 0.717) is 0 Å². The molecule has 0 radical (unpaired) electrons. The number of aromatic nitrogens is 2. The quantitative estimate of drug-likeness (QED) is 0.814. The second-order valence-corrected chi connectivity index (χ2v) is 3.84. The van der Waals surface area contributed by atoms with Crippen LogP contribution >= 0.6 is 11.3 Å². The van der Waals surface area contributed by atoms with Crippen LogP contribution in [0.3, 0.4) is 0 Å². The SMILES string of the molecule is Cc1nccc(C(N)c2ccsc2)n1. The van der Waals surface area contributed by atoms with Crippen LogP contribution < -0.4 is 5.73 Å². The number of hydrogen-bond acceptors (Lipinski definition) is 4. The van der Waals surface area contributed by atoms with Crippen molar-refractivity contribution in [2.75, 3.05) is 0 Å². The molecule has 2 N–H and O–H groups in total. The molecule has 2 heterocycles. The van der Waals surface area contributed by atoms with Crippen LogP contribution in [0.15, 0.2) is 29.1 Å². The smallest absolute Gasteiger partial charge is 0.125 e. The minimum Gasteiger partial charge on any atom is -0.319 e. The highest BCUT2D eigenvalue weighted by Gasteiger charge is 2.10. The van der Waals surface area contributed by atoms with Crippen molar-refractivity contribution < 1.29 is 0 Å². The molecule has 1 atom stereocenters. The maximum Gasteiger partial charge on any atom is 0.125 e. The average molecular weight is 205 g/mol. The van der Waals surface area contributed by atoms with E-state index in [9.17, 15) is 0 Å². The fourth-order valence-electron chi connectivity index (χ4n) is 1.27. The zero-order valence-corrected chi connectivity index (χ0v) is 8.66. The average Bonchev–Trinajstić information content (AvgIpc) is 2.69. The van der Waals surface area contributed by atoms with Gasteiger partial charge in [0.2, 0.25) is 0 Å². The van der Waals surface area contributed by atoms with Crippen molar-refractivity contribution in [3.8, 4) is 0 Å². The molecule has 0 aliphatic rings. The third kappa shape index (κ3) is 1.81. The Balaban J connectivity index is 2.32. The number of rotatable bonds is 2. The standard InChI is InChI=1S/C10H11N3S/c1-7-12-4-2-9(13-7)10(11)8-3-5-14-6-8/h2-6,10H,11H2,1H3. The Hall–Kier alpha value is -1.26. The van der Waals surface area contributed by atoms with Gasteiger partial charge >= 0.3 is 0 Å². The molecule has 0 fully saturated rings. The molecule has 4 heteroatoms. The highest BCUT2D eigenvalue weighted by Crippen LogP contribution is 2.19. The maximum absolute atomic E-state index is 6.05. The van der Waals surface area contributed by atoms with Gasteiger partial charge in [-0.05, 0) is 35.4 Å². The normalized spacial score (nSPS) is 12.7. The topological polar surface area (TPSA) is 51.8 Å². The second kappa shape index (κ2) is 3.86. The lowest BCUT2D eigenvalue weighted by atomic mass is 10.1. The predicted molar refractivity (Wildman–Crippen MR) is 57.1 cm³/mol. The second-order valence-electron chi connectivity index (χ2n) is 3.06. The van der Waals surface area contributed by atoms with Gasteiger partial charge in [0.25, 0.3) is 0 Å². The summed E-state index contributed by atoms with van der Waals surface area (Å²) in [5, 5.41) is 4.06. The van der Waals surface area contributed by atoms with Gasteiger partial charge in [0.15, 0.2) is 0 Å². The van der Waals surface area contributed by atoms with Crippen LogP contribution in [0.25, 0.3) is 0 Å². The van der Waals surface area contributed by atoms with E-state index in [0.717, 1.165) is 17.1 Å². The van der Waals surface area contributed by atoms with Gasteiger partial charge in [0.1, 0.15) is 5.82 Å². The molecule has 0 saturated heterocycles. The first-order chi connectivity index (χ1) is 6.77. The molecule has 14 heavy (non-hydrogen) atoms. The number of nitrogens with zero attached hydrogens (tertiary/aromatic N) is 2. The first-order valence-corrected chi connectivity index (χ1v) is 5.29. The highest BCUT2D eigenvalue weighted by molar-refractivity contribution is 7.07. The minimum absolute atomic E-state index is 0.136. The molecule has 0 saturated carbocycles. The molecule has 0 aliphatic heterocycles. The Morgan fingerprint density at radius 3 is 2.93 bits per heavy atom. The third-order valence-corrected chi connectivity index (χ3v) is 2.72. The number of thiophene rings is 1. The molecule has 0 bridgehead atoms. The van der Waals surface area contributed by atoms with Crippen molar-refractivity contribution in [1.29, 1.82) is 0 Å². The molecule has 2 aromatic heterocycles. The first-order valence-electron chi connectivity index (χ1n) is 4.34. The molecule has 0 amide bonds. The van der Waals surface area contributed by atoms with Crippen LogP contribution in [0.4, 0.5) is 0 Å². The van der Waals surface area contributed by atoms with Gasteiger partial charge in [0.05, 0.1) is 11.7 Å². The van der Waals surface area contributed by atoms with E-state index in [4.69, 9.17) is 5.73 Å². The van der Waals surface area contributed by atoms with Gasteiger partial charge < -0.3 is 5.73 Å². The van der Waals surface area contributed by atoms with Crippen molar-refractivity contribution in [2.45, 2.75) is 13.0 Å². The molecule has 0 aromatic carbocycles. The Morgan fingerprint density at radius 1 is 1.43 bits per heavy atom. The minimum atomic E-state index is -0.136. The molecule has 1 unspecified atom stereocenters. The van der Waals surface area contributed by atoms with E-state index in [1.807, 2.05) is 29.8 Å². The van der Waals surface area contributed by atoms with Crippen molar-refractivity contribution in [3.63, 3.8) is 0 Å². The van der Waals surface area contributed by atoms with E-state index in [1.54, 1.807) is 17.5 Å². The predicted octanol–water partition coefficient (Wildman–Crippen LogP) is 1.89. The summed E-state index contributed by atoms with van der Waals surface area (Å²) in [5.41, 5.74) is 8.02. The van der Waals surface area contributed by atoms with E-state index >= 15 is 0 Å². The molecule has 0 spiro atoms. The van der Waals surface area contributed by atoms with E-state index < -0.39 is 0 Å². The molecular formula is C10H11N3S. The summed E-state index contributed by atoms with van der Waals surface area (Å²) in [5.74, 6) is 0.758. The summed E-state index contributed by atoms with van der Waals surface area (Å²) in [6, 6.07) is 3.74. The summed E-state index contributed by atoms with van der Waals surface area (Å²) in [7, 11) is 0. The summed E-state index contributed by atoms with van der Waals surface area (Å²) in [4.78, 5) is 8.34. The van der Waals surface area contributed by atoms with Crippen LogP contribution in [0.1, 0.15) is 23.1 Å². The Bertz CT molecular complexity index is 411. The molecule has 72 valence electrons. The Morgan fingerprint density at radius 2 is 2.29 bits per heavy atom. The van der Waals surface area contributed by atoms with Gasteiger partial charge in [-0.1, -0.05) is 0 Å². The fourth-order valence-corrected chi connectivity index (χ4v) is 1.97. The van der Waals surface area contributed by atoms with Crippen molar-refractivity contribution in [2.24, 2.45) is 5.73 Å². The fraction of sp³-hybridized carbons (Fsp3) is 0.200. The van der Waals surface area contributed by atoms with Crippen molar-refractivity contribution in [3.05, 3.63) is 46.2 Å². The lowest BCUT2D eigenvalue weighted by molar-refractivity contribution is 0.811. The molecular weight excluding hydrogens is 194 g/mol. The largest absolute Gasteiger partial charge is 0.319 e. The van der Waals surface area contributed by atoms with E-state index in [2.05, 4.69) is 9.97 Å². The Labute approximate surface area is 86.6 Å². The van der Waals surface area contributed by atoms with Crippen molar-refractivity contribution in [1.82, 2.24) is 9.97 Å². The number of nitrogens with two attached hydrogens (primary N) is 1. The van der Waals surface area contributed by atoms with E-state index in [-0.39, 0.29) is 6.04 Å². The monoisotopic (exact) mass is 205 g/mol. The van der Waals surface area contributed by atoms with E-state index in [1.165, 1.54) is 0 Å². The third-order valence-electron chi connectivity index (χ3n) is 2.02. The number of hydrogen-bond donors (Lipinski definition) is 1. The van der Waals surface area contributed by atoms with Gasteiger partial charge in [-0.15, -0.1) is 0 Å². The van der Waals surface area contributed by atoms with Crippen molar-refractivity contribution >= 4 is 11.3 Å². The zero-order valence-electron chi connectivity index (χ0n) is 7.84. The van der Waals surface area contributed by atoms with Crippen LogP contribution in [-0.2, 0) is 0 Å². The van der Waals surface area contributed by atoms with Crippen LogP contribution in [0.5, 0.6) is 0 Å². The highest BCUT2D eigenvalue weighted by atomic mass is 32.1. The van der Waals surface area contributed by atoms with Crippen LogP contribution in [0, 0.1) is 6.92 Å². The molecule has 0 aliphatic carbocycles. The maximum atomic E-state index is 6.05. The molecule has 2 aromatic rings. The summed E-state index contributed by atoms with van der Waals surface area (Å²) in [6.07, 6.45) is 1.74. The molecule has 2 rings (SSSR count). The first kappa shape index (κ1) is 9.30. The summed E-state index contributed by atoms with van der Waals surface area (Å²) in [6.45, 7) is 1.86. The van der Waals surface area contributed by atoms with Crippen LogP contribution in [-0.4, -0.2) is 9.97 Å².